The number of para-hydroxylation sites is 3. The van der Waals surface area contributed by atoms with E-state index in [0.29, 0.717) is 29.6 Å². The van der Waals surface area contributed by atoms with Crippen LogP contribution in [0.5, 0.6) is 11.5 Å². The maximum atomic E-state index is 12.9. The number of urea groups is 1. The first-order valence-electron chi connectivity index (χ1n) is 11.3. The number of rotatable bonds is 5. The summed E-state index contributed by atoms with van der Waals surface area (Å²) in [6, 6.07) is 17.1. The van der Waals surface area contributed by atoms with Crippen LogP contribution in [0.1, 0.15) is 26.7 Å². The predicted octanol–water partition coefficient (Wildman–Crippen LogP) is 4.83. The van der Waals surface area contributed by atoms with Gasteiger partial charge in [-0.15, -0.1) is 0 Å². The summed E-state index contributed by atoms with van der Waals surface area (Å²) in [5.41, 5.74) is 0.690. The van der Waals surface area contributed by atoms with Crippen LogP contribution in [-0.4, -0.2) is 60.8 Å². The number of anilines is 1. The molecule has 0 radical (unpaired) electrons. The Balaban J connectivity index is 1.29. The molecule has 0 bridgehead atoms. The largest absolute Gasteiger partial charge is 0.455 e. The van der Waals surface area contributed by atoms with Gasteiger partial charge in [0.15, 0.2) is 5.75 Å². The average molecular weight is 424 g/mol. The summed E-state index contributed by atoms with van der Waals surface area (Å²) in [7, 11) is 0. The van der Waals surface area contributed by atoms with Crippen LogP contribution in [0.2, 0.25) is 0 Å². The molecule has 2 heterocycles. The molecule has 6 nitrogen and oxygen atoms in total. The van der Waals surface area contributed by atoms with Crippen LogP contribution in [0, 0.1) is 5.92 Å². The minimum atomic E-state index is -0.0591. The fourth-order valence-corrected chi connectivity index (χ4v) is 4.59. The van der Waals surface area contributed by atoms with E-state index in [2.05, 4.69) is 24.1 Å². The topological polar surface area (TPSA) is 54.0 Å². The number of likely N-dealkylation sites (tertiary alicyclic amines) is 1. The molecule has 1 N–H and O–H groups in total. The maximum absolute atomic E-state index is 12.9. The molecule has 6 heteroatoms. The van der Waals surface area contributed by atoms with E-state index in [1.165, 1.54) is 0 Å². The second-order valence-corrected chi connectivity index (χ2v) is 8.75. The molecule has 0 aliphatic carbocycles. The van der Waals surface area contributed by atoms with E-state index in [-0.39, 0.29) is 6.03 Å². The lowest BCUT2D eigenvalue weighted by Gasteiger charge is -2.39. The van der Waals surface area contributed by atoms with E-state index in [0.717, 1.165) is 51.3 Å². The van der Waals surface area contributed by atoms with Gasteiger partial charge in [-0.05, 0) is 56.9 Å². The molecule has 2 saturated heterocycles. The Labute approximate surface area is 185 Å². The number of ether oxygens (including phenoxy) is 2. The van der Waals surface area contributed by atoms with E-state index in [4.69, 9.17) is 9.47 Å². The van der Waals surface area contributed by atoms with Crippen LogP contribution in [0.25, 0.3) is 0 Å². The zero-order valence-corrected chi connectivity index (χ0v) is 18.5. The Morgan fingerprint density at radius 1 is 1.00 bits per heavy atom. The molecule has 2 aliphatic rings. The van der Waals surface area contributed by atoms with E-state index < -0.39 is 0 Å². The number of carbonyl (C=O) groups excluding carboxylic acids is 1. The number of piperidine rings is 1. The maximum Gasteiger partial charge on any atom is 0.321 e. The van der Waals surface area contributed by atoms with Gasteiger partial charge in [-0.2, -0.15) is 0 Å². The van der Waals surface area contributed by atoms with Crippen molar-refractivity contribution in [3.8, 4) is 11.5 Å². The normalized spacial score (nSPS) is 22.8. The molecule has 2 aromatic carbocycles. The van der Waals surface area contributed by atoms with Crippen LogP contribution < -0.4 is 10.1 Å². The predicted molar refractivity (Wildman–Crippen MR) is 123 cm³/mol. The third kappa shape index (κ3) is 5.99. The van der Waals surface area contributed by atoms with Crippen molar-refractivity contribution >= 4 is 11.7 Å². The molecule has 0 spiro atoms. The van der Waals surface area contributed by atoms with Crippen molar-refractivity contribution in [2.45, 2.75) is 38.9 Å². The van der Waals surface area contributed by atoms with Crippen LogP contribution in [0.4, 0.5) is 10.5 Å². The van der Waals surface area contributed by atoms with Crippen molar-refractivity contribution < 1.29 is 14.3 Å². The monoisotopic (exact) mass is 423 g/mol. The van der Waals surface area contributed by atoms with Gasteiger partial charge in [-0.3, -0.25) is 4.90 Å². The summed E-state index contributed by atoms with van der Waals surface area (Å²) in [4.78, 5) is 17.3. The lowest BCUT2D eigenvalue weighted by Crippen LogP contribution is -2.49. The van der Waals surface area contributed by atoms with Gasteiger partial charge in [0.25, 0.3) is 0 Å². The number of nitrogens with zero attached hydrogens (tertiary/aromatic N) is 2. The molecule has 2 atom stereocenters. The number of amides is 2. The second kappa shape index (κ2) is 10.2. The molecule has 2 amide bonds. The summed E-state index contributed by atoms with van der Waals surface area (Å²) in [6.45, 7) is 8.97. The van der Waals surface area contributed by atoms with Crippen molar-refractivity contribution in [2.24, 2.45) is 5.92 Å². The second-order valence-electron chi connectivity index (χ2n) is 8.75. The van der Waals surface area contributed by atoms with Crippen LogP contribution >= 0.6 is 0 Å². The molecule has 31 heavy (non-hydrogen) atoms. The number of benzene rings is 2. The first kappa shape index (κ1) is 21.7. The van der Waals surface area contributed by atoms with Gasteiger partial charge in [-0.25, -0.2) is 4.79 Å². The summed E-state index contributed by atoms with van der Waals surface area (Å²) in [5.74, 6) is 2.03. The number of hydrogen-bond donors (Lipinski definition) is 1. The highest BCUT2D eigenvalue weighted by Gasteiger charge is 2.28. The van der Waals surface area contributed by atoms with E-state index in [9.17, 15) is 4.79 Å². The summed E-state index contributed by atoms with van der Waals surface area (Å²) in [6.07, 6.45) is 2.67. The summed E-state index contributed by atoms with van der Waals surface area (Å²) < 4.78 is 11.8. The Hall–Kier alpha value is -2.57. The zero-order valence-electron chi connectivity index (χ0n) is 18.5. The lowest BCUT2D eigenvalue weighted by atomic mass is 9.96. The summed E-state index contributed by atoms with van der Waals surface area (Å²) in [5, 5.41) is 3.04. The fourth-order valence-electron chi connectivity index (χ4n) is 4.59. The molecule has 2 unspecified atom stereocenters. The highest BCUT2D eigenvalue weighted by molar-refractivity contribution is 5.91. The standard InChI is InChI=1S/C25H33N3O3/c1-19-16-27(17-20(2)30-19)18-21-12-14-28(15-13-21)25(29)26-23-10-6-7-11-24(23)31-22-8-4-3-5-9-22/h3-11,19-21H,12-18H2,1-2H3,(H,26,29). The van der Waals surface area contributed by atoms with Gasteiger partial charge in [-0.1, -0.05) is 30.3 Å². The van der Waals surface area contributed by atoms with Gasteiger partial charge in [0.05, 0.1) is 17.9 Å². The Bertz CT molecular complexity index is 842. The molecular weight excluding hydrogens is 390 g/mol. The molecule has 2 fully saturated rings. The van der Waals surface area contributed by atoms with Crippen LogP contribution in [0.15, 0.2) is 54.6 Å². The minimum absolute atomic E-state index is 0.0591. The van der Waals surface area contributed by atoms with Crippen molar-refractivity contribution in [3.05, 3.63) is 54.6 Å². The Kier molecular flexibility index (Phi) is 7.10. The molecule has 4 rings (SSSR count). The Morgan fingerprint density at radius 2 is 1.65 bits per heavy atom. The smallest absolute Gasteiger partial charge is 0.321 e. The number of nitrogens with one attached hydrogen (secondary N) is 1. The molecular formula is C25H33N3O3. The highest BCUT2D eigenvalue weighted by atomic mass is 16.5. The summed E-state index contributed by atoms with van der Waals surface area (Å²) >= 11 is 0. The zero-order chi connectivity index (χ0) is 21.6. The molecule has 0 aromatic heterocycles. The quantitative estimate of drug-likeness (QED) is 0.748. The van der Waals surface area contributed by atoms with Gasteiger partial charge in [0.1, 0.15) is 5.75 Å². The van der Waals surface area contributed by atoms with Gasteiger partial charge in [0, 0.05) is 32.7 Å². The third-order valence-electron chi connectivity index (χ3n) is 6.01. The van der Waals surface area contributed by atoms with Crippen LogP contribution in [-0.2, 0) is 4.74 Å². The van der Waals surface area contributed by atoms with Crippen LogP contribution in [0.3, 0.4) is 0 Å². The van der Waals surface area contributed by atoms with Gasteiger partial charge < -0.3 is 19.7 Å². The van der Waals surface area contributed by atoms with Crippen molar-refractivity contribution in [1.29, 1.82) is 0 Å². The lowest BCUT2D eigenvalue weighted by molar-refractivity contribution is -0.0728. The SMILES string of the molecule is CC1CN(CC2CCN(C(=O)Nc3ccccc3Oc3ccccc3)CC2)CC(C)O1. The van der Waals surface area contributed by atoms with Gasteiger partial charge >= 0.3 is 6.03 Å². The van der Waals surface area contributed by atoms with E-state index >= 15 is 0 Å². The first-order valence-corrected chi connectivity index (χ1v) is 11.3. The van der Waals surface area contributed by atoms with Crippen molar-refractivity contribution in [3.63, 3.8) is 0 Å². The number of hydrogen-bond acceptors (Lipinski definition) is 4. The van der Waals surface area contributed by atoms with E-state index in [1.54, 1.807) is 0 Å². The minimum Gasteiger partial charge on any atom is -0.455 e. The average Bonchev–Trinajstić information content (AvgIpc) is 2.75. The fraction of sp³-hybridized carbons (Fsp3) is 0.480. The molecule has 166 valence electrons. The molecule has 2 aliphatic heterocycles. The Morgan fingerprint density at radius 3 is 2.35 bits per heavy atom. The van der Waals surface area contributed by atoms with E-state index in [1.807, 2.05) is 59.5 Å². The van der Waals surface area contributed by atoms with Gasteiger partial charge in [0.2, 0.25) is 0 Å². The number of morpholine rings is 1. The number of carbonyl (C=O) groups is 1. The third-order valence-corrected chi connectivity index (χ3v) is 6.01. The first-order chi connectivity index (χ1) is 15.1. The van der Waals surface area contributed by atoms with Crippen molar-refractivity contribution in [2.75, 3.05) is 38.0 Å². The highest BCUT2D eigenvalue weighted by Crippen LogP contribution is 2.30. The van der Waals surface area contributed by atoms with Crippen molar-refractivity contribution in [1.82, 2.24) is 9.80 Å². The molecule has 2 aromatic rings. The molecule has 0 saturated carbocycles.